The standard InChI is InChI=1S/C25H28N4O2S/c1-16-14-21(17(2)29(16)18-8-10-19(30)11-9-18)24-23(22-7-3-4-12-26-22)27-25(32)28(24)15-20-6-5-13-31-20/h3-4,7-12,14,20,23-24,30H,5-6,13,15H2,1-2H3,(H,27,32). The fourth-order valence-electron chi connectivity index (χ4n) is 5.03. The van der Waals surface area contributed by atoms with Crippen LogP contribution in [0.2, 0.25) is 0 Å². The number of benzene rings is 1. The highest BCUT2D eigenvalue weighted by Gasteiger charge is 2.42. The monoisotopic (exact) mass is 448 g/mol. The minimum absolute atomic E-state index is 0.0127. The fourth-order valence-corrected chi connectivity index (χ4v) is 5.35. The van der Waals surface area contributed by atoms with Crippen molar-refractivity contribution >= 4 is 17.3 Å². The Morgan fingerprint density at radius 3 is 2.69 bits per heavy atom. The van der Waals surface area contributed by atoms with Gasteiger partial charge in [0.25, 0.3) is 0 Å². The van der Waals surface area contributed by atoms with E-state index in [0.29, 0.717) is 0 Å². The van der Waals surface area contributed by atoms with Gasteiger partial charge >= 0.3 is 0 Å². The third-order valence-corrected chi connectivity index (χ3v) is 6.87. The molecular formula is C25H28N4O2S. The summed E-state index contributed by atoms with van der Waals surface area (Å²) < 4.78 is 8.19. The van der Waals surface area contributed by atoms with Gasteiger partial charge in [0.2, 0.25) is 0 Å². The van der Waals surface area contributed by atoms with Crippen molar-refractivity contribution < 1.29 is 9.84 Å². The zero-order valence-corrected chi connectivity index (χ0v) is 19.2. The number of nitrogens with one attached hydrogen (secondary N) is 1. The van der Waals surface area contributed by atoms with E-state index in [1.807, 2.05) is 30.5 Å². The second-order valence-electron chi connectivity index (χ2n) is 8.59. The van der Waals surface area contributed by atoms with Gasteiger partial charge in [-0.05, 0) is 86.9 Å². The van der Waals surface area contributed by atoms with Crippen LogP contribution >= 0.6 is 12.2 Å². The Morgan fingerprint density at radius 1 is 1.19 bits per heavy atom. The van der Waals surface area contributed by atoms with Crippen LogP contribution in [0.15, 0.2) is 54.7 Å². The molecule has 2 aliphatic rings. The Hall–Kier alpha value is -2.90. The van der Waals surface area contributed by atoms with Crippen molar-refractivity contribution in [2.24, 2.45) is 0 Å². The van der Waals surface area contributed by atoms with Crippen molar-refractivity contribution in [3.8, 4) is 11.4 Å². The Morgan fingerprint density at radius 2 is 2.00 bits per heavy atom. The second-order valence-corrected chi connectivity index (χ2v) is 8.98. The number of aryl methyl sites for hydroxylation is 1. The van der Waals surface area contributed by atoms with Gasteiger partial charge in [-0.25, -0.2) is 0 Å². The number of ether oxygens (including phenoxy) is 1. The topological polar surface area (TPSA) is 62.5 Å². The zero-order valence-electron chi connectivity index (χ0n) is 18.4. The van der Waals surface area contributed by atoms with Crippen LogP contribution in [0.3, 0.4) is 0 Å². The number of hydrogen-bond donors (Lipinski definition) is 2. The molecule has 7 heteroatoms. The van der Waals surface area contributed by atoms with Crippen LogP contribution in [0.1, 0.15) is 47.6 Å². The summed E-state index contributed by atoms with van der Waals surface area (Å²) in [6, 6.07) is 15.6. The molecule has 0 aliphatic carbocycles. The van der Waals surface area contributed by atoms with Gasteiger partial charge in [0, 0.05) is 36.4 Å². The summed E-state index contributed by atoms with van der Waals surface area (Å²) in [6.07, 6.45) is 4.19. The molecule has 3 unspecified atom stereocenters. The van der Waals surface area contributed by atoms with Gasteiger partial charge in [-0.15, -0.1) is 0 Å². The number of hydrogen-bond acceptors (Lipinski definition) is 4. The maximum Gasteiger partial charge on any atom is 0.170 e. The molecule has 166 valence electrons. The Labute approximate surface area is 193 Å². The summed E-state index contributed by atoms with van der Waals surface area (Å²) in [5.41, 5.74) is 5.51. The average molecular weight is 449 g/mol. The lowest BCUT2D eigenvalue weighted by Crippen LogP contribution is -2.36. The highest BCUT2D eigenvalue weighted by molar-refractivity contribution is 7.80. The van der Waals surface area contributed by atoms with Gasteiger partial charge in [-0.1, -0.05) is 6.07 Å². The molecule has 5 rings (SSSR count). The van der Waals surface area contributed by atoms with E-state index in [4.69, 9.17) is 17.0 Å². The van der Waals surface area contributed by atoms with Crippen LogP contribution in [0.5, 0.6) is 5.75 Å². The van der Waals surface area contributed by atoms with Gasteiger partial charge in [0.1, 0.15) is 5.75 Å². The summed E-state index contributed by atoms with van der Waals surface area (Å²) in [5, 5.41) is 14.0. The number of nitrogens with zero attached hydrogens (tertiary/aromatic N) is 3. The number of phenols is 1. The molecule has 0 bridgehead atoms. The SMILES string of the molecule is Cc1cc(C2C(c3ccccn3)NC(=S)N2CC2CCCO2)c(C)n1-c1ccc(O)cc1. The van der Waals surface area contributed by atoms with Gasteiger partial charge < -0.3 is 24.6 Å². The summed E-state index contributed by atoms with van der Waals surface area (Å²) in [5.74, 6) is 0.264. The number of aromatic nitrogens is 2. The molecule has 2 N–H and O–H groups in total. The van der Waals surface area contributed by atoms with E-state index >= 15 is 0 Å². The summed E-state index contributed by atoms with van der Waals surface area (Å²) in [6.45, 7) is 5.85. The lowest BCUT2D eigenvalue weighted by Gasteiger charge is -2.30. The summed E-state index contributed by atoms with van der Waals surface area (Å²) in [7, 11) is 0. The number of phenolic OH excluding ortho intramolecular Hbond substituents is 1. The Balaban J connectivity index is 1.58. The molecule has 3 aromatic rings. The van der Waals surface area contributed by atoms with Crippen molar-refractivity contribution in [3.63, 3.8) is 0 Å². The van der Waals surface area contributed by atoms with E-state index < -0.39 is 0 Å². The average Bonchev–Trinajstić information content (AvgIpc) is 3.49. The van der Waals surface area contributed by atoms with Crippen LogP contribution in [0, 0.1) is 13.8 Å². The first-order chi connectivity index (χ1) is 15.5. The largest absolute Gasteiger partial charge is 0.508 e. The van der Waals surface area contributed by atoms with Crippen LogP contribution < -0.4 is 5.32 Å². The van der Waals surface area contributed by atoms with Crippen molar-refractivity contribution in [1.82, 2.24) is 19.8 Å². The molecular weight excluding hydrogens is 420 g/mol. The van der Waals surface area contributed by atoms with Crippen molar-refractivity contribution in [2.45, 2.75) is 44.9 Å². The number of pyridine rings is 1. The van der Waals surface area contributed by atoms with Crippen molar-refractivity contribution in [3.05, 3.63) is 77.4 Å². The second kappa shape index (κ2) is 8.56. The van der Waals surface area contributed by atoms with Gasteiger partial charge in [0.15, 0.2) is 5.11 Å². The first kappa shape index (κ1) is 21.0. The van der Waals surface area contributed by atoms with Crippen LogP contribution in [0.25, 0.3) is 5.69 Å². The Bertz CT molecular complexity index is 1110. The molecule has 3 atom stereocenters. The lowest BCUT2D eigenvalue weighted by molar-refractivity contribution is 0.0842. The fraction of sp³-hybridized carbons (Fsp3) is 0.360. The van der Waals surface area contributed by atoms with Gasteiger partial charge in [0.05, 0.1) is 23.9 Å². The zero-order chi connectivity index (χ0) is 22.2. The van der Waals surface area contributed by atoms with Gasteiger partial charge in [-0.2, -0.15) is 0 Å². The molecule has 0 spiro atoms. The maximum atomic E-state index is 9.72. The molecule has 1 aromatic carbocycles. The first-order valence-corrected chi connectivity index (χ1v) is 11.5. The highest BCUT2D eigenvalue weighted by Crippen LogP contribution is 2.42. The van der Waals surface area contributed by atoms with E-state index in [-0.39, 0.29) is 23.9 Å². The minimum atomic E-state index is -0.0427. The van der Waals surface area contributed by atoms with E-state index in [1.165, 1.54) is 5.56 Å². The normalized spacial score (nSPS) is 23.0. The van der Waals surface area contributed by atoms with E-state index in [1.54, 1.807) is 12.1 Å². The van der Waals surface area contributed by atoms with Crippen LogP contribution in [-0.2, 0) is 4.74 Å². The van der Waals surface area contributed by atoms with E-state index in [9.17, 15) is 5.11 Å². The Kier molecular flexibility index (Phi) is 5.61. The number of rotatable bonds is 5. The maximum absolute atomic E-state index is 9.72. The quantitative estimate of drug-likeness (QED) is 0.566. The smallest absolute Gasteiger partial charge is 0.170 e. The molecule has 32 heavy (non-hydrogen) atoms. The molecule has 2 aromatic heterocycles. The molecule has 6 nitrogen and oxygen atoms in total. The van der Waals surface area contributed by atoms with Crippen molar-refractivity contribution in [2.75, 3.05) is 13.2 Å². The molecule has 0 amide bonds. The van der Waals surface area contributed by atoms with Crippen LogP contribution in [-0.4, -0.2) is 43.9 Å². The van der Waals surface area contributed by atoms with Crippen LogP contribution in [0.4, 0.5) is 0 Å². The number of thiocarbonyl (C=S) groups is 1. The number of aromatic hydroxyl groups is 1. The van der Waals surface area contributed by atoms with Gasteiger partial charge in [-0.3, -0.25) is 4.98 Å². The third-order valence-electron chi connectivity index (χ3n) is 6.52. The highest BCUT2D eigenvalue weighted by atomic mass is 32.1. The van der Waals surface area contributed by atoms with Crippen molar-refractivity contribution in [1.29, 1.82) is 0 Å². The molecule has 0 radical (unpaired) electrons. The summed E-state index contributed by atoms with van der Waals surface area (Å²) >= 11 is 5.82. The minimum Gasteiger partial charge on any atom is -0.508 e. The lowest BCUT2D eigenvalue weighted by atomic mass is 9.96. The third kappa shape index (κ3) is 3.76. The van der Waals surface area contributed by atoms with E-state index in [2.05, 4.69) is 45.7 Å². The molecule has 2 aliphatic heterocycles. The summed E-state index contributed by atoms with van der Waals surface area (Å²) in [4.78, 5) is 6.93. The predicted octanol–water partition coefficient (Wildman–Crippen LogP) is 4.35. The van der Waals surface area contributed by atoms with E-state index in [0.717, 1.165) is 53.9 Å². The first-order valence-electron chi connectivity index (χ1n) is 11.1. The molecule has 4 heterocycles. The predicted molar refractivity (Wildman–Crippen MR) is 128 cm³/mol. The molecule has 2 fully saturated rings. The molecule has 2 saturated heterocycles. The molecule has 0 saturated carbocycles.